The number of thioether (sulfide) groups is 1. The largest absolute Gasteiger partial charge is 0.396 e. The lowest BCUT2D eigenvalue weighted by Crippen LogP contribution is -2.17. The van der Waals surface area contributed by atoms with Gasteiger partial charge in [-0.2, -0.15) is 0 Å². The minimum atomic E-state index is -0.120. The number of hydrogen-bond donors (Lipinski definition) is 3. The molecule has 0 atom stereocenters. The molecule has 0 bridgehead atoms. The van der Waals surface area contributed by atoms with E-state index in [0.29, 0.717) is 16.6 Å². The maximum absolute atomic E-state index is 11.7. The molecular formula is C12H21N3OS2. The second-order valence-corrected chi connectivity index (χ2v) is 5.78. The molecule has 0 spiro atoms. The fourth-order valence-corrected chi connectivity index (χ4v) is 3.73. The van der Waals surface area contributed by atoms with Crippen molar-refractivity contribution in [3.05, 3.63) is 4.88 Å². The molecule has 1 aromatic heterocycles. The molecule has 1 amide bonds. The molecule has 4 nitrogen and oxygen atoms in total. The van der Waals surface area contributed by atoms with E-state index in [4.69, 9.17) is 5.73 Å². The lowest BCUT2D eigenvalue weighted by molar-refractivity contribution is 0.0968. The Morgan fingerprint density at radius 2 is 2.06 bits per heavy atom. The van der Waals surface area contributed by atoms with Crippen LogP contribution < -0.4 is 16.4 Å². The first kappa shape index (κ1) is 15.2. The molecule has 4 N–H and O–H groups in total. The normalized spacial score (nSPS) is 10.7. The fraction of sp³-hybridized carbons (Fsp3) is 0.583. The molecule has 0 saturated carbocycles. The Labute approximate surface area is 117 Å². The van der Waals surface area contributed by atoms with E-state index in [1.165, 1.54) is 11.3 Å². The molecule has 1 heterocycles. The van der Waals surface area contributed by atoms with Crippen LogP contribution in [0.15, 0.2) is 4.90 Å². The van der Waals surface area contributed by atoms with E-state index in [-0.39, 0.29) is 5.91 Å². The highest BCUT2D eigenvalue weighted by Crippen LogP contribution is 2.42. The van der Waals surface area contributed by atoms with Crippen LogP contribution in [0.4, 0.5) is 10.7 Å². The van der Waals surface area contributed by atoms with Gasteiger partial charge in [0, 0.05) is 13.1 Å². The average Bonchev–Trinajstić information content (AvgIpc) is 2.71. The number of carbonyl (C=O) groups is 1. The van der Waals surface area contributed by atoms with Crippen molar-refractivity contribution in [2.45, 2.75) is 37.6 Å². The van der Waals surface area contributed by atoms with E-state index >= 15 is 0 Å². The van der Waals surface area contributed by atoms with Crippen molar-refractivity contribution in [2.24, 2.45) is 0 Å². The molecule has 6 heteroatoms. The summed E-state index contributed by atoms with van der Waals surface area (Å²) in [6.07, 6.45) is 4.08. The van der Waals surface area contributed by atoms with Gasteiger partial charge >= 0.3 is 0 Å². The molecule has 0 unspecified atom stereocenters. The van der Waals surface area contributed by atoms with Gasteiger partial charge in [0.2, 0.25) is 0 Å². The minimum absolute atomic E-state index is 0.120. The molecule has 0 fully saturated rings. The van der Waals surface area contributed by atoms with E-state index in [2.05, 4.69) is 24.5 Å². The van der Waals surface area contributed by atoms with Gasteiger partial charge in [0.05, 0.1) is 10.6 Å². The topological polar surface area (TPSA) is 67.2 Å². The first-order chi connectivity index (χ1) is 8.58. The highest BCUT2D eigenvalue weighted by Gasteiger charge is 2.20. The van der Waals surface area contributed by atoms with Gasteiger partial charge < -0.3 is 16.4 Å². The number of nitrogen functional groups attached to an aromatic ring is 1. The maximum atomic E-state index is 11.7. The van der Waals surface area contributed by atoms with Crippen LogP contribution in [-0.2, 0) is 0 Å². The molecule has 0 aliphatic rings. The Hall–Kier alpha value is -0.880. The zero-order valence-corrected chi connectivity index (χ0v) is 12.9. The maximum Gasteiger partial charge on any atom is 0.263 e. The summed E-state index contributed by atoms with van der Waals surface area (Å²) >= 11 is 3.01. The molecule has 0 radical (unpaired) electrons. The van der Waals surface area contributed by atoms with Crippen LogP contribution in [0.25, 0.3) is 0 Å². The van der Waals surface area contributed by atoms with Crippen molar-refractivity contribution in [2.75, 3.05) is 24.4 Å². The number of hydrogen-bond acceptors (Lipinski definition) is 5. The molecule has 0 aliphatic heterocycles. The van der Waals surface area contributed by atoms with Crippen LogP contribution in [0.2, 0.25) is 0 Å². The standard InChI is InChI=1S/C12H21N3OS2/c1-5-7(6-2)15-12-10(17-4)8(13)9(18-12)11(16)14-3/h7,15H,5-6,13H2,1-4H3,(H,14,16). The third-order valence-corrected chi connectivity index (χ3v) is 4.95. The van der Waals surface area contributed by atoms with E-state index in [0.717, 1.165) is 22.7 Å². The van der Waals surface area contributed by atoms with E-state index < -0.39 is 0 Å². The number of anilines is 2. The fourth-order valence-electron chi connectivity index (χ4n) is 1.69. The Balaban J connectivity index is 3.07. The third-order valence-electron chi connectivity index (χ3n) is 2.86. The SMILES string of the molecule is CCC(CC)Nc1sc(C(=O)NC)c(N)c1SC. The summed E-state index contributed by atoms with van der Waals surface area (Å²) in [7, 11) is 1.62. The summed E-state index contributed by atoms with van der Waals surface area (Å²) in [5.74, 6) is -0.120. The first-order valence-electron chi connectivity index (χ1n) is 6.03. The summed E-state index contributed by atoms with van der Waals surface area (Å²) in [5.41, 5.74) is 6.62. The van der Waals surface area contributed by atoms with Gasteiger partial charge in [-0.1, -0.05) is 13.8 Å². The summed E-state index contributed by atoms with van der Waals surface area (Å²) < 4.78 is 0. The second kappa shape index (κ2) is 6.89. The first-order valence-corrected chi connectivity index (χ1v) is 8.07. The number of rotatable bonds is 6. The molecule has 0 aliphatic carbocycles. The smallest absolute Gasteiger partial charge is 0.263 e. The van der Waals surface area contributed by atoms with Crippen LogP contribution >= 0.6 is 23.1 Å². The number of amides is 1. The van der Waals surface area contributed by atoms with E-state index in [1.54, 1.807) is 18.8 Å². The van der Waals surface area contributed by atoms with Gasteiger partial charge in [0.25, 0.3) is 5.91 Å². The predicted molar refractivity (Wildman–Crippen MR) is 81.9 cm³/mol. The lowest BCUT2D eigenvalue weighted by atomic mass is 10.2. The van der Waals surface area contributed by atoms with Crippen molar-refractivity contribution in [1.29, 1.82) is 0 Å². The minimum Gasteiger partial charge on any atom is -0.396 e. The van der Waals surface area contributed by atoms with Crippen molar-refractivity contribution < 1.29 is 4.79 Å². The summed E-state index contributed by atoms with van der Waals surface area (Å²) in [6, 6.07) is 0.423. The molecule has 1 rings (SSSR count). The predicted octanol–water partition coefficient (Wildman–Crippen LogP) is 3.01. The highest BCUT2D eigenvalue weighted by atomic mass is 32.2. The van der Waals surface area contributed by atoms with Crippen LogP contribution in [-0.4, -0.2) is 25.3 Å². The third kappa shape index (κ3) is 3.11. The van der Waals surface area contributed by atoms with Crippen LogP contribution in [0.3, 0.4) is 0 Å². The van der Waals surface area contributed by atoms with Crippen molar-refractivity contribution in [1.82, 2.24) is 5.32 Å². The van der Waals surface area contributed by atoms with Crippen molar-refractivity contribution in [3.8, 4) is 0 Å². The van der Waals surface area contributed by atoms with Crippen LogP contribution in [0, 0.1) is 0 Å². The van der Waals surface area contributed by atoms with Crippen molar-refractivity contribution >= 4 is 39.7 Å². The molecular weight excluding hydrogens is 266 g/mol. The number of thiophene rings is 1. The van der Waals surface area contributed by atoms with Gasteiger partial charge in [-0.05, 0) is 19.1 Å². The summed E-state index contributed by atoms with van der Waals surface area (Å²) in [5, 5.41) is 7.10. The van der Waals surface area contributed by atoms with Crippen molar-refractivity contribution in [3.63, 3.8) is 0 Å². The molecule has 102 valence electrons. The van der Waals surface area contributed by atoms with Gasteiger partial charge in [-0.25, -0.2) is 0 Å². The quantitative estimate of drug-likeness (QED) is 0.704. The molecule has 0 saturated heterocycles. The van der Waals surface area contributed by atoms with Crippen LogP contribution in [0.5, 0.6) is 0 Å². The monoisotopic (exact) mass is 287 g/mol. The molecule has 18 heavy (non-hydrogen) atoms. The Kier molecular flexibility index (Phi) is 5.81. The number of nitrogens with one attached hydrogen (secondary N) is 2. The Morgan fingerprint density at radius 3 is 2.50 bits per heavy atom. The molecule has 0 aromatic carbocycles. The van der Waals surface area contributed by atoms with Gasteiger partial charge in [0.15, 0.2) is 0 Å². The summed E-state index contributed by atoms with van der Waals surface area (Å²) in [4.78, 5) is 13.3. The van der Waals surface area contributed by atoms with Gasteiger partial charge in [0.1, 0.15) is 9.88 Å². The Bertz CT molecular complexity index is 414. The van der Waals surface area contributed by atoms with Gasteiger partial charge in [-0.15, -0.1) is 23.1 Å². The summed E-state index contributed by atoms with van der Waals surface area (Å²) in [6.45, 7) is 4.30. The van der Waals surface area contributed by atoms with Gasteiger partial charge in [-0.3, -0.25) is 4.79 Å². The van der Waals surface area contributed by atoms with Crippen LogP contribution in [0.1, 0.15) is 36.4 Å². The average molecular weight is 287 g/mol. The Morgan fingerprint density at radius 1 is 1.44 bits per heavy atom. The highest BCUT2D eigenvalue weighted by molar-refractivity contribution is 7.99. The van der Waals surface area contributed by atoms with E-state index in [9.17, 15) is 4.79 Å². The number of nitrogens with two attached hydrogens (primary N) is 1. The lowest BCUT2D eigenvalue weighted by Gasteiger charge is -2.15. The second-order valence-electron chi connectivity index (χ2n) is 3.94. The number of carbonyl (C=O) groups excluding carboxylic acids is 1. The molecule has 1 aromatic rings. The zero-order chi connectivity index (χ0) is 13.7. The zero-order valence-electron chi connectivity index (χ0n) is 11.3. The van der Waals surface area contributed by atoms with E-state index in [1.807, 2.05) is 6.26 Å².